The van der Waals surface area contributed by atoms with Gasteiger partial charge in [-0.25, -0.2) is 4.39 Å². The van der Waals surface area contributed by atoms with Crippen molar-refractivity contribution in [3.8, 4) is 5.75 Å². The largest absolute Gasteiger partial charge is 0.497 e. The molecule has 0 bridgehead atoms. The third-order valence-corrected chi connectivity index (χ3v) is 4.50. The maximum Gasteiger partial charge on any atom is 0.497 e. The number of carbonyl (C=O) groups excluding carboxylic acids is 1. The van der Waals surface area contributed by atoms with E-state index in [9.17, 15) is 9.18 Å². The van der Waals surface area contributed by atoms with Gasteiger partial charge in [0, 0.05) is 11.5 Å². The highest BCUT2D eigenvalue weighted by Crippen LogP contribution is 2.37. The summed E-state index contributed by atoms with van der Waals surface area (Å²) in [6.07, 6.45) is 0. The molecule has 22 heavy (non-hydrogen) atoms. The van der Waals surface area contributed by atoms with Crippen LogP contribution in [0, 0.1) is 5.82 Å². The molecular weight excluding hydrogens is 288 g/mol. The molecule has 0 radical (unpaired) electrons. The number of halogens is 1. The van der Waals surface area contributed by atoms with Gasteiger partial charge in [0.25, 0.3) is 5.91 Å². The molecule has 1 N–H and O–H groups in total. The molecule has 1 fully saturated rings. The highest BCUT2D eigenvalue weighted by molar-refractivity contribution is 6.62. The van der Waals surface area contributed by atoms with Crippen molar-refractivity contribution in [3.05, 3.63) is 23.5 Å². The Morgan fingerprint density at radius 1 is 1.18 bits per heavy atom. The van der Waals surface area contributed by atoms with E-state index in [1.54, 1.807) is 0 Å². The van der Waals surface area contributed by atoms with Gasteiger partial charge in [-0.1, -0.05) is 0 Å². The molecule has 0 aromatic heterocycles. The quantitative estimate of drug-likeness (QED) is 0.793. The van der Waals surface area contributed by atoms with Gasteiger partial charge in [0.1, 0.15) is 18.2 Å². The Hall–Kier alpha value is -1.60. The number of rotatable bonds is 1. The zero-order valence-electron chi connectivity index (χ0n) is 13.2. The highest BCUT2D eigenvalue weighted by Gasteiger charge is 2.52. The van der Waals surface area contributed by atoms with Crippen LogP contribution in [0.4, 0.5) is 4.39 Å². The molecule has 3 rings (SSSR count). The van der Waals surface area contributed by atoms with E-state index in [1.807, 2.05) is 27.7 Å². The molecule has 5 nitrogen and oxygen atoms in total. The topological polar surface area (TPSA) is 56.8 Å². The third-order valence-electron chi connectivity index (χ3n) is 4.50. The van der Waals surface area contributed by atoms with Crippen LogP contribution in [0.1, 0.15) is 38.1 Å². The molecule has 1 aromatic carbocycles. The van der Waals surface area contributed by atoms with Gasteiger partial charge in [-0.05, 0) is 33.8 Å². The molecule has 118 valence electrons. The molecule has 1 amide bonds. The third kappa shape index (κ3) is 2.38. The average Bonchev–Trinajstić information content (AvgIpc) is 2.54. The molecule has 0 spiro atoms. The van der Waals surface area contributed by atoms with Gasteiger partial charge in [-0.3, -0.25) is 4.79 Å². The van der Waals surface area contributed by atoms with Crippen LogP contribution in [-0.4, -0.2) is 37.4 Å². The predicted molar refractivity (Wildman–Crippen MR) is 79.9 cm³/mol. The van der Waals surface area contributed by atoms with Gasteiger partial charge < -0.3 is 19.4 Å². The van der Waals surface area contributed by atoms with Crippen molar-refractivity contribution in [2.45, 2.75) is 38.9 Å². The van der Waals surface area contributed by atoms with Crippen LogP contribution in [0.3, 0.4) is 0 Å². The lowest BCUT2D eigenvalue weighted by molar-refractivity contribution is 0.00578. The minimum Gasteiger partial charge on any atom is -0.491 e. The van der Waals surface area contributed by atoms with Crippen LogP contribution < -0.4 is 15.5 Å². The van der Waals surface area contributed by atoms with Gasteiger partial charge in [0.15, 0.2) is 0 Å². The van der Waals surface area contributed by atoms with Gasteiger partial charge in [0.05, 0.1) is 23.3 Å². The molecule has 0 aliphatic carbocycles. The van der Waals surface area contributed by atoms with E-state index in [0.717, 1.165) is 0 Å². The molecule has 2 aliphatic rings. The standard InChI is InChI=1S/C15H19BFNO4/c1-14(2)15(3,4)22-16(21-14)10-7-9-12(8-11(10)17)20-6-5-18-13(9)19/h7-8H,5-6H2,1-4H3,(H,18,19). The molecule has 1 saturated heterocycles. The molecule has 2 heterocycles. The number of benzene rings is 1. The Morgan fingerprint density at radius 3 is 2.45 bits per heavy atom. The van der Waals surface area contributed by atoms with Crippen molar-refractivity contribution in [2.24, 2.45) is 0 Å². The number of amides is 1. The summed E-state index contributed by atoms with van der Waals surface area (Å²) in [5.74, 6) is -0.551. The fourth-order valence-corrected chi connectivity index (χ4v) is 2.44. The summed E-state index contributed by atoms with van der Waals surface area (Å²) in [5.41, 5.74) is -0.646. The monoisotopic (exact) mass is 307 g/mol. The van der Waals surface area contributed by atoms with Crippen LogP contribution in [0.5, 0.6) is 5.75 Å². The lowest BCUT2D eigenvalue weighted by Gasteiger charge is -2.32. The van der Waals surface area contributed by atoms with Crippen molar-refractivity contribution < 1.29 is 23.2 Å². The maximum absolute atomic E-state index is 14.4. The van der Waals surface area contributed by atoms with E-state index in [-0.39, 0.29) is 17.1 Å². The fraction of sp³-hybridized carbons (Fsp3) is 0.533. The van der Waals surface area contributed by atoms with Crippen LogP contribution in [-0.2, 0) is 9.31 Å². The number of ether oxygens (including phenoxy) is 1. The van der Waals surface area contributed by atoms with Crippen molar-refractivity contribution in [1.82, 2.24) is 5.32 Å². The van der Waals surface area contributed by atoms with E-state index in [2.05, 4.69) is 5.32 Å². The van der Waals surface area contributed by atoms with E-state index in [0.29, 0.717) is 18.7 Å². The Morgan fingerprint density at radius 2 is 1.82 bits per heavy atom. The maximum atomic E-state index is 14.4. The normalized spacial score (nSPS) is 22.6. The van der Waals surface area contributed by atoms with Gasteiger partial charge in [-0.15, -0.1) is 0 Å². The van der Waals surface area contributed by atoms with Crippen molar-refractivity contribution >= 4 is 18.5 Å². The van der Waals surface area contributed by atoms with E-state index >= 15 is 0 Å². The summed E-state index contributed by atoms with van der Waals surface area (Å²) in [6.45, 7) is 8.28. The summed E-state index contributed by atoms with van der Waals surface area (Å²) < 4.78 is 31.5. The number of carbonyl (C=O) groups is 1. The van der Waals surface area contributed by atoms with E-state index < -0.39 is 24.1 Å². The zero-order valence-corrected chi connectivity index (χ0v) is 13.2. The van der Waals surface area contributed by atoms with E-state index in [1.165, 1.54) is 12.1 Å². The van der Waals surface area contributed by atoms with Gasteiger partial charge in [-0.2, -0.15) is 0 Å². The smallest absolute Gasteiger partial charge is 0.491 e. The summed E-state index contributed by atoms with van der Waals surface area (Å²) in [6, 6.07) is 2.67. The summed E-state index contributed by atoms with van der Waals surface area (Å²) >= 11 is 0. The lowest BCUT2D eigenvalue weighted by atomic mass is 9.77. The summed E-state index contributed by atoms with van der Waals surface area (Å²) in [7, 11) is -0.855. The minimum atomic E-state index is -0.855. The van der Waals surface area contributed by atoms with Crippen LogP contribution >= 0.6 is 0 Å². The highest BCUT2D eigenvalue weighted by atomic mass is 19.1. The Labute approximate surface area is 129 Å². The number of fused-ring (bicyclic) bond motifs is 1. The first-order chi connectivity index (χ1) is 10.2. The molecular formula is C15H19BFNO4. The predicted octanol–water partition coefficient (Wildman–Crippen LogP) is 1.25. The Kier molecular flexibility index (Phi) is 3.45. The minimum absolute atomic E-state index is 0.207. The number of hydrogen-bond donors (Lipinski definition) is 1. The van der Waals surface area contributed by atoms with Crippen LogP contribution in [0.2, 0.25) is 0 Å². The van der Waals surface area contributed by atoms with Crippen molar-refractivity contribution in [3.63, 3.8) is 0 Å². The fourth-order valence-electron chi connectivity index (χ4n) is 2.44. The second-order valence-electron chi connectivity index (χ2n) is 6.56. The SMILES string of the molecule is CC1(C)OB(c2cc3c(cc2F)OCCNC3=O)OC1(C)C. The first-order valence-corrected chi connectivity index (χ1v) is 7.31. The first kappa shape index (κ1) is 15.3. The van der Waals surface area contributed by atoms with E-state index in [4.69, 9.17) is 14.0 Å². The lowest BCUT2D eigenvalue weighted by Crippen LogP contribution is -2.41. The zero-order chi connectivity index (χ0) is 16.1. The molecule has 0 atom stereocenters. The molecule has 0 unspecified atom stereocenters. The van der Waals surface area contributed by atoms with Crippen molar-refractivity contribution in [2.75, 3.05) is 13.2 Å². The average molecular weight is 307 g/mol. The summed E-state index contributed by atoms with van der Waals surface area (Å²) in [5, 5.41) is 2.70. The van der Waals surface area contributed by atoms with Crippen molar-refractivity contribution in [1.29, 1.82) is 0 Å². The first-order valence-electron chi connectivity index (χ1n) is 7.31. The van der Waals surface area contributed by atoms with Gasteiger partial charge in [0.2, 0.25) is 0 Å². The number of nitrogens with one attached hydrogen (secondary N) is 1. The number of hydrogen-bond acceptors (Lipinski definition) is 4. The molecule has 7 heteroatoms. The molecule has 1 aromatic rings. The molecule has 0 saturated carbocycles. The second-order valence-corrected chi connectivity index (χ2v) is 6.56. The Bertz CT molecular complexity index is 616. The van der Waals surface area contributed by atoms with Crippen LogP contribution in [0.15, 0.2) is 12.1 Å². The Balaban J connectivity index is 2.01. The summed E-state index contributed by atoms with van der Waals surface area (Å²) in [4.78, 5) is 12.0. The second kappa shape index (κ2) is 4.96. The van der Waals surface area contributed by atoms with Crippen LogP contribution in [0.25, 0.3) is 0 Å². The van der Waals surface area contributed by atoms with Gasteiger partial charge >= 0.3 is 7.12 Å². The molecule has 2 aliphatic heterocycles.